The van der Waals surface area contributed by atoms with E-state index in [-0.39, 0.29) is 18.3 Å². The Hall–Kier alpha value is -0.770. The second kappa shape index (κ2) is 6.67. The molecule has 1 N–H and O–H groups in total. The highest BCUT2D eigenvalue weighted by Crippen LogP contribution is 2.14. The van der Waals surface area contributed by atoms with Gasteiger partial charge < -0.3 is 14.7 Å². The highest BCUT2D eigenvalue weighted by molar-refractivity contribution is 5.68. The van der Waals surface area contributed by atoms with Crippen molar-refractivity contribution in [1.29, 1.82) is 0 Å². The molecular weight excluding hydrogens is 194 g/mol. The second-order valence-electron chi connectivity index (χ2n) is 4.49. The summed E-state index contributed by atoms with van der Waals surface area (Å²) in [4.78, 5) is 13.1. The van der Waals surface area contributed by atoms with E-state index in [1.165, 1.54) is 0 Å². The molecular formula is C11H23NO3. The van der Waals surface area contributed by atoms with Gasteiger partial charge in [-0.25, -0.2) is 4.79 Å². The highest BCUT2D eigenvalue weighted by Gasteiger charge is 2.23. The summed E-state index contributed by atoms with van der Waals surface area (Å²) in [5.41, 5.74) is -0.361. The van der Waals surface area contributed by atoms with Gasteiger partial charge in [0.2, 0.25) is 0 Å². The van der Waals surface area contributed by atoms with Crippen LogP contribution in [0.25, 0.3) is 0 Å². The summed E-state index contributed by atoms with van der Waals surface area (Å²) >= 11 is 0. The number of carbonyl (C=O) groups is 1. The Bertz CT molecular complexity index is 181. The maximum absolute atomic E-state index is 11.4. The van der Waals surface area contributed by atoms with Crippen molar-refractivity contribution < 1.29 is 14.6 Å². The van der Waals surface area contributed by atoms with Gasteiger partial charge in [0.15, 0.2) is 0 Å². The average molecular weight is 217 g/mol. The molecule has 0 aliphatic carbocycles. The minimum Gasteiger partial charge on any atom is -0.444 e. The minimum atomic E-state index is -0.361. The molecule has 0 aromatic carbocycles. The zero-order chi connectivity index (χ0) is 11.9. The number of amides is 1. The quantitative estimate of drug-likeness (QED) is 0.675. The van der Waals surface area contributed by atoms with Crippen molar-refractivity contribution in [2.24, 2.45) is 0 Å². The van der Waals surface area contributed by atoms with Gasteiger partial charge in [0.25, 0.3) is 0 Å². The van der Waals surface area contributed by atoms with Crippen LogP contribution in [0.5, 0.6) is 0 Å². The smallest absolute Gasteiger partial charge is 0.410 e. The normalized spacial score (nSPS) is 15.7. The molecule has 0 aromatic heterocycles. The lowest BCUT2D eigenvalue weighted by atomic mass is 10.2. The van der Waals surface area contributed by atoms with Crippen LogP contribution in [0.4, 0.5) is 4.79 Å². The number of aliphatic hydroxyl groups is 1. The Morgan fingerprint density at radius 2 is 1.73 bits per heavy atom. The molecule has 4 heteroatoms. The van der Waals surface area contributed by atoms with Crippen LogP contribution in [-0.4, -0.2) is 41.4 Å². The molecule has 4 nitrogen and oxygen atoms in total. The van der Waals surface area contributed by atoms with E-state index in [9.17, 15) is 4.79 Å². The number of aliphatic hydroxyl groups excluding tert-OH is 1. The van der Waals surface area contributed by atoms with E-state index in [0.29, 0.717) is 0 Å². The summed E-state index contributed by atoms with van der Waals surface area (Å²) in [5.74, 6) is 0. The number of nitrogens with zero attached hydrogens (tertiary/aromatic N) is 1. The van der Waals surface area contributed by atoms with Gasteiger partial charge in [-0.3, -0.25) is 0 Å². The maximum Gasteiger partial charge on any atom is 0.410 e. The van der Waals surface area contributed by atoms with E-state index in [4.69, 9.17) is 9.84 Å². The number of carbonyl (C=O) groups excluding carboxylic acids is 1. The SMILES string of the molecule is CC(C)(C)OC(=O)N1CCCC1.CCO. The van der Waals surface area contributed by atoms with Crippen molar-refractivity contribution in [3.63, 3.8) is 0 Å². The molecule has 1 fully saturated rings. The van der Waals surface area contributed by atoms with E-state index >= 15 is 0 Å². The van der Waals surface area contributed by atoms with Crippen LogP contribution < -0.4 is 0 Å². The molecule has 0 radical (unpaired) electrons. The lowest BCUT2D eigenvalue weighted by molar-refractivity contribution is 0.0295. The summed E-state index contributed by atoms with van der Waals surface area (Å²) < 4.78 is 5.21. The van der Waals surface area contributed by atoms with Crippen molar-refractivity contribution in [3.05, 3.63) is 0 Å². The monoisotopic (exact) mass is 217 g/mol. The zero-order valence-corrected chi connectivity index (χ0v) is 10.2. The van der Waals surface area contributed by atoms with Gasteiger partial charge in [0.1, 0.15) is 5.60 Å². The lowest BCUT2D eigenvalue weighted by Crippen LogP contribution is -2.34. The second-order valence-corrected chi connectivity index (χ2v) is 4.49. The number of hydrogen-bond donors (Lipinski definition) is 1. The maximum atomic E-state index is 11.4. The van der Waals surface area contributed by atoms with E-state index in [0.717, 1.165) is 25.9 Å². The van der Waals surface area contributed by atoms with Crippen molar-refractivity contribution in [3.8, 4) is 0 Å². The number of likely N-dealkylation sites (tertiary alicyclic amines) is 1. The highest BCUT2D eigenvalue weighted by atomic mass is 16.6. The fraction of sp³-hybridized carbons (Fsp3) is 0.909. The van der Waals surface area contributed by atoms with Crippen LogP contribution in [0.1, 0.15) is 40.5 Å². The van der Waals surface area contributed by atoms with Crippen molar-refractivity contribution >= 4 is 6.09 Å². The first-order valence-corrected chi connectivity index (χ1v) is 5.49. The molecule has 0 bridgehead atoms. The fourth-order valence-electron chi connectivity index (χ4n) is 1.23. The Morgan fingerprint density at radius 3 is 2.07 bits per heavy atom. The van der Waals surface area contributed by atoms with Gasteiger partial charge in [-0.2, -0.15) is 0 Å². The molecule has 1 amide bonds. The Morgan fingerprint density at radius 1 is 1.33 bits per heavy atom. The summed E-state index contributed by atoms with van der Waals surface area (Å²) in [6.45, 7) is 9.31. The van der Waals surface area contributed by atoms with Crippen LogP contribution in [0, 0.1) is 0 Å². The molecule has 1 heterocycles. The Labute approximate surface area is 92.2 Å². The van der Waals surface area contributed by atoms with Gasteiger partial charge in [-0.05, 0) is 40.5 Å². The molecule has 0 unspecified atom stereocenters. The Balaban J connectivity index is 0.000000583. The van der Waals surface area contributed by atoms with E-state index in [2.05, 4.69) is 0 Å². The standard InChI is InChI=1S/C9H17NO2.C2H6O/c1-9(2,3)12-8(11)10-6-4-5-7-10;1-2-3/h4-7H2,1-3H3;3H,2H2,1H3. The largest absolute Gasteiger partial charge is 0.444 e. The third kappa shape index (κ3) is 7.19. The molecule has 15 heavy (non-hydrogen) atoms. The molecule has 1 rings (SSSR count). The van der Waals surface area contributed by atoms with Gasteiger partial charge in [-0.1, -0.05) is 0 Å². The third-order valence-corrected chi connectivity index (χ3v) is 1.76. The van der Waals surface area contributed by atoms with Gasteiger partial charge in [-0.15, -0.1) is 0 Å². The first-order valence-electron chi connectivity index (χ1n) is 5.49. The molecule has 1 saturated heterocycles. The molecule has 0 atom stereocenters. The zero-order valence-electron chi connectivity index (χ0n) is 10.2. The average Bonchev–Trinajstić information content (AvgIpc) is 2.53. The van der Waals surface area contributed by atoms with E-state index in [1.54, 1.807) is 11.8 Å². The molecule has 1 aliphatic rings. The molecule has 0 saturated carbocycles. The van der Waals surface area contributed by atoms with Crippen molar-refractivity contribution in [2.45, 2.75) is 46.1 Å². The molecule has 1 aliphatic heterocycles. The molecule has 90 valence electrons. The summed E-state index contributed by atoms with van der Waals surface area (Å²) in [6.07, 6.45) is 2.05. The van der Waals surface area contributed by atoms with Crippen molar-refractivity contribution in [2.75, 3.05) is 19.7 Å². The van der Waals surface area contributed by atoms with E-state index < -0.39 is 0 Å². The number of hydrogen-bond acceptors (Lipinski definition) is 3. The lowest BCUT2D eigenvalue weighted by Gasteiger charge is -2.23. The van der Waals surface area contributed by atoms with Gasteiger partial charge >= 0.3 is 6.09 Å². The van der Waals surface area contributed by atoms with Crippen LogP contribution >= 0.6 is 0 Å². The van der Waals surface area contributed by atoms with Gasteiger partial charge in [0, 0.05) is 19.7 Å². The fourth-order valence-corrected chi connectivity index (χ4v) is 1.23. The summed E-state index contributed by atoms with van der Waals surface area (Å²) in [6, 6.07) is 0. The van der Waals surface area contributed by atoms with Crippen molar-refractivity contribution in [1.82, 2.24) is 4.90 Å². The minimum absolute atomic E-state index is 0.167. The number of ether oxygens (including phenoxy) is 1. The first kappa shape index (κ1) is 14.2. The predicted octanol–water partition coefficient (Wildman–Crippen LogP) is 2.02. The number of rotatable bonds is 0. The van der Waals surface area contributed by atoms with Crippen LogP contribution in [0.2, 0.25) is 0 Å². The van der Waals surface area contributed by atoms with Crippen LogP contribution in [0.15, 0.2) is 0 Å². The van der Waals surface area contributed by atoms with E-state index in [1.807, 2.05) is 20.8 Å². The third-order valence-electron chi connectivity index (χ3n) is 1.76. The molecule has 0 spiro atoms. The molecule has 0 aromatic rings. The first-order chi connectivity index (χ1) is 6.90. The van der Waals surface area contributed by atoms with Crippen LogP contribution in [-0.2, 0) is 4.74 Å². The predicted molar refractivity (Wildman–Crippen MR) is 59.8 cm³/mol. The summed E-state index contributed by atoms with van der Waals surface area (Å²) in [7, 11) is 0. The summed E-state index contributed by atoms with van der Waals surface area (Å²) in [5, 5.41) is 7.57. The van der Waals surface area contributed by atoms with Gasteiger partial charge in [0.05, 0.1) is 0 Å². The topological polar surface area (TPSA) is 49.8 Å². The Kier molecular flexibility index (Phi) is 6.32. The van der Waals surface area contributed by atoms with Crippen LogP contribution in [0.3, 0.4) is 0 Å².